The summed E-state index contributed by atoms with van der Waals surface area (Å²) in [5, 5.41) is 3.11. The van der Waals surface area contributed by atoms with E-state index in [0.29, 0.717) is 0 Å². The minimum absolute atomic E-state index is 0.0343. The SMILES string of the molecule is Cc1cc2c(n1-c1ccc(C(=O)NCCCN3C[C@H](C)C[C@@H](C)C3)cc1)CC[C@@H](C)C2. The second-order valence-corrected chi connectivity index (χ2v) is 10.3. The number of hydrogen-bond donors (Lipinski definition) is 1. The third kappa shape index (κ3) is 5.23. The fourth-order valence-corrected chi connectivity index (χ4v) is 5.77. The summed E-state index contributed by atoms with van der Waals surface area (Å²) in [6.45, 7) is 13.4. The highest BCUT2D eigenvalue weighted by Crippen LogP contribution is 2.30. The molecule has 1 amide bonds. The lowest BCUT2D eigenvalue weighted by atomic mass is 9.89. The first-order chi connectivity index (χ1) is 14.9. The first-order valence-electron chi connectivity index (χ1n) is 12.2. The Morgan fingerprint density at radius 1 is 1.06 bits per heavy atom. The normalized spacial score (nSPS) is 24.1. The average molecular weight is 422 g/mol. The smallest absolute Gasteiger partial charge is 0.251 e. The van der Waals surface area contributed by atoms with Crippen molar-refractivity contribution in [1.29, 1.82) is 0 Å². The molecule has 0 unspecified atom stereocenters. The summed E-state index contributed by atoms with van der Waals surface area (Å²) < 4.78 is 2.38. The van der Waals surface area contributed by atoms with Crippen LogP contribution in [0.1, 0.15) is 67.3 Å². The molecule has 0 radical (unpaired) electrons. The predicted octanol–water partition coefficient (Wildman–Crippen LogP) is 5.01. The van der Waals surface area contributed by atoms with Gasteiger partial charge in [0, 0.05) is 42.3 Å². The standard InChI is InChI=1S/C27H39N3O/c1-19-6-11-26-24(15-19)16-22(4)30(26)25-9-7-23(8-10-25)27(31)28-12-5-13-29-17-20(2)14-21(3)18-29/h7-10,16,19-21H,5-6,11-15,17-18H2,1-4H3,(H,28,31)/t19-,20-,21-/m1/s1. The van der Waals surface area contributed by atoms with Gasteiger partial charge < -0.3 is 14.8 Å². The average Bonchev–Trinajstić information content (AvgIpc) is 3.05. The van der Waals surface area contributed by atoms with Crippen LogP contribution in [-0.2, 0) is 12.8 Å². The quantitative estimate of drug-likeness (QED) is 0.666. The third-order valence-electron chi connectivity index (χ3n) is 7.09. The van der Waals surface area contributed by atoms with Gasteiger partial charge in [0.2, 0.25) is 0 Å². The van der Waals surface area contributed by atoms with Crippen molar-refractivity contribution < 1.29 is 4.79 Å². The van der Waals surface area contributed by atoms with Gasteiger partial charge in [-0.2, -0.15) is 0 Å². The molecule has 31 heavy (non-hydrogen) atoms. The molecular weight excluding hydrogens is 382 g/mol. The number of amides is 1. The van der Waals surface area contributed by atoms with Gasteiger partial charge in [0.25, 0.3) is 5.91 Å². The van der Waals surface area contributed by atoms with Gasteiger partial charge in [-0.3, -0.25) is 4.79 Å². The van der Waals surface area contributed by atoms with Crippen molar-refractivity contribution in [1.82, 2.24) is 14.8 Å². The van der Waals surface area contributed by atoms with Crippen LogP contribution in [0.5, 0.6) is 0 Å². The number of nitrogens with zero attached hydrogens (tertiary/aromatic N) is 2. The second-order valence-electron chi connectivity index (χ2n) is 10.3. The van der Waals surface area contributed by atoms with Crippen molar-refractivity contribution in [2.24, 2.45) is 17.8 Å². The number of rotatable bonds is 6. The van der Waals surface area contributed by atoms with Crippen LogP contribution >= 0.6 is 0 Å². The lowest BCUT2D eigenvalue weighted by Gasteiger charge is -2.34. The summed E-state index contributed by atoms with van der Waals surface area (Å²) in [5.41, 5.74) is 6.15. The van der Waals surface area contributed by atoms with E-state index in [0.717, 1.165) is 54.9 Å². The van der Waals surface area contributed by atoms with Crippen molar-refractivity contribution in [3.8, 4) is 5.69 Å². The number of piperidine rings is 1. The summed E-state index contributed by atoms with van der Waals surface area (Å²) in [6.07, 6.45) is 5.93. The van der Waals surface area contributed by atoms with E-state index >= 15 is 0 Å². The molecule has 4 rings (SSSR count). The van der Waals surface area contributed by atoms with Crippen molar-refractivity contribution in [2.75, 3.05) is 26.2 Å². The van der Waals surface area contributed by atoms with E-state index in [1.165, 1.54) is 49.3 Å². The molecule has 1 aromatic carbocycles. The highest BCUT2D eigenvalue weighted by Gasteiger charge is 2.22. The Balaban J connectivity index is 1.31. The fourth-order valence-electron chi connectivity index (χ4n) is 5.77. The maximum Gasteiger partial charge on any atom is 0.251 e. The largest absolute Gasteiger partial charge is 0.352 e. The molecule has 4 nitrogen and oxygen atoms in total. The fraction of sp³-hybridized carbons (Fsp3) is 0.593. The Labute approximate surface area is 188 Å². The lowest BCUT2D eigenvalue weighted by Crippen LogP contribution is -2.40. The molecule has 1 aliphatic carbocycles. The molecule has 4 heteroatoms. The van der Waals surface area contributed by atoms with E-state index in [4.69, 9.17) is 0 Å². The van der Waals surface area contributed by atoms with E-state index in [2.05, 4.69) is 60.7 Å². The highest BCUT2D eigenvalue weighted by molar-refractivity contribution is 5.94. The molecule has 0 saturated carbocycles. The van der Waals surface area contributed by atoms with E-state index in [1.54, 1.807) is 0 Å². The maximum atomic E-state index is 12.6. The summed E-state index contributed by atoms with van der Waals surface area (Å²) >= 11 is 0. The highest BCUT2D eigenvalue weighted by atomic mass is 16.1. The molecule has 2 heterocycles. The summed E-state index contributed by atoms with van der Waals surface area (Å²) in [7, 11) is 0. The van der Waals surface area contributed by atoms with Crippen molar-refractivity contribution in [3.05, 3.63) is 52.8 Å². The van der Waals surface area contributed by atoms with Gasteiger partial charge >= 0.3 is 0 Å². The monoisotopic (exact) mass is 421 g/mol. The number of likely N-dealkylation sites (tertiary alicyclic amines) is 1. The van der Waals surface area contributed by atoms with Crippen LogP contribution < -0.4 is 5.32 Å². The molecule has 2 aliphatic rings. The first-order valence-corrected chi connectivity index (χ1v) is 12.2. The molecule has 0 spiro atoms. The van der Waals surface area contributed by atoms with Crippen LogP contribution in [0.3, 0.4) is 0 Å². The summed E-state index contributed by atoms with van der Waals surface area (Å²) in [4.78, 5) is 15.2. The Morgan fingerprint density at radius 3 is 2.48 bits per heavy atom. The maximum absolute atomic E-state index is 12.6. The number of hydrogen-bond acceptors (Lipinski definition) is 2. The molecule has 3 atom stereocenters. The van der Waals surface area contributed by atoms with Crippen molar-refractivity contribution in [2.45, 2.75) is 59.8 Å². The zero-order valence-corrected chi connectivity index (χ0v) is 19.8. The van der Waals surface area contributed by atoms with Gasteiger partial charge in [-0.05, 0) is 99.2 Å². The predicted molar refractivity (Wildman–Crippen MR) is 128 cm³/mol. The summed E-state index contributed by atoms with van der Waals surface area (Å²) in [6, 6.07) is 10.5. The number of carbonyl (C=O) groups is 1. The van der Waals surface area contributed by atoms with Gasteiger partial charge in [-0.15, -0.1) is 0 Å². The molecule has 1 fully saturated rings. The topological polar surface area (TPSA) is 37.3 Å². The summed E-state index contributed by atoms with van der Waals surface area (Å²) in [5.74, 6) is 2.38. The first kappa shape index (κ1) is 22.1. The van der Waals surface area contributed by atoms with E-state index in [9.17, 15) is 4.79 Å². The van der Waals surface area contributed by atoms with E-state index in [1.807, 2.05) is 12.1 Å². The zero-order valence-electron chi connectivity index (χ0n) is 19.8. The number of aryl methyl sites for hydroxylation is 1. The molecule has 1 aliphatic heterocycles. The zero-order chi connectivity index (χ0) is 22.0. The van der Waals surface area contributed by atoms with Crippen LogP contribution in [0.4, 0.5) is 0 Å². The molecule has 2 aromatic rings. The molecule has 1 saturated heterocycles. The molecular formula is C27H39N3O. The van der Waals surface area contributed by atoms with Crippen LogP contribution in [0.25, 0.3) is 5.69 Å². The van der Waals surface area contributed by atoms with Gasteiger partial charge in [0.15, 0.2) is 0 Å². The Bertz CT molecular complexity index is 888. The minimum Gasteiger partial charge on any atom is -0.352 e. The van der Waals surface area contributed by atoms with Crippen LogP contribution in [-0.4, -0.2) is 41.6 Å². The van der Waals surface area contributed by atoms with Crippen LogP contribution in [0.2, 0.25) is 0 Å². The van der Waals surface area contributed by atoms with Gasteiger partial charge in [0.1, 0.15) is 0 Å². The van der Waals surface area contributed by atoms with Crippen LogP contribution in [0, 0.1) is 24.7 Å². The number of benzene rings is 1. The molecule has 0 bridgehead atoms. The van der Waals surface area contributed by atoms with Gasteiger partial charge in [0.05, 0.1) is 0 Å². The van der Waals surface area contributed by atoms with Gasteiger partial charge in [-0.25, -0.2) is 0 Å². The molecule has 1 aromatic heterocycles. The number of nitrogens with one attached hydrogen (secondary N) is 1. The Kier molecular flexibility index (Phi) is 6.86. The Hall–Kier alpha value is -2.07. The second kappa shape index (κ2) is 9.60. The number of fused-ring (bicyclic) bond motifs is 1. The van der Waals surface area contributed by atoms with Crippen molar-refractivity contribution >= 4 is 5.91 Å². The van der Waals surface area contributed by atoms with Gasteiger partial charge in [-0.1, -0.05) is 20.8 Å². The van der Waals surface area contributed by atoms with E-state index < -0.39 is 0 Å². The minimum atomic E-state index is 0.0343. The van der Waals surface area contributed by atoms with E-state index in [-0.39, 0.29) is 5.91 Å². The lowest BCUT2D eigenvalue weighted by molar-refractivity contribution is 0.0947. The molecule has 1 N–H and O–H groups in total. The number of carbonyl (C=O) groups excluding carboxylic acids is 1. The van der Waals surface area contributed by atoms with Crippen molar-refractivity contribution in [3.63, 3.8) is 0 Å². The number of aromatic nitrogens is 1. The Morgan fingerprint density at radius 2 is 1.77 bits per heavy atom. The third-order valence-corrected chi connectivity index (χ3v) is 7.09. The molecule has 168 valence electrons. The van der Waals surface area contributed by atoms with Crippen LogP contribution in [0.15, 0.2) is 30.3 Å².